The minimum Gasteiger partial charge on any atom is -0.490 e. The number of aliphatic imine (C=N–C) groups is 1. The average Bonchev–Trinajstić information content (AvgIpc) is 3.30. The van der Waals surface area contributed by atoms with Gasteiger partial charge in [-0.15, -0.1) is 0 Å². The molecule has 0 amide bonds. The maximum Gasteiger partial charge on any atom is 0.224 e. The number of hydrogen-bond acceptors (Lipinski definition) is 5. The Morgan fingerprint density at radius 3 is 2.81 bits per heavy atom. The van der Waals surface area contributed by atoms with Gasteiger partial charge in [-0.1, -0.05) is 25.1 Å². The molecule has 2 heterocycles. The van der Waals surface area contributed by atoms with Crippen LogP contribution in [0.15, 0.2) is 47.6 Å². The van der Waals surface area contributed by atoms with Crippen molar-refractivity contribution in [2.75, 3.05) is 40.0 Å². The molecule has 1 aliphatic heterocycles. The maximum absolute atomic E-state index is 6.14. The largest absolute Gasteiger partial charge is 0.490 e. The first-order valence-electron chi connectivity index (χ1n) is 11.1. The van der Waals surface area contributed by atoms with E-state index in [1.807, 2.05) is 36.4 Å². The van der Waals surface area contributed by atoms with Gasteiger partial charge in [-0.2, -0.15) is 0 Å². The number of pyridine rings is 1. The highest BCUT2D eigenvalue weighted by Gasteiger charge is 2.19. The van der Waals surface area contributed by atoms with Crippen molar-refractivity contribution in [3.8, 4) is 17.4 Å². The lowest BCUT2D eigenvalue weighted by molar-refractivity contribution is 0.181. The fourth-order valence-corrected chi connectivity index (χ4v) is 3.44. The van der Waals surface area contributed by atoms with Crippen molar-refractivity contribution in [3.63, 3.8) is 0 Å². The standard InChI is InChI=1S/C24H34N4O3/c1-4-14-30-21-10-6-7-11-22(21)31-23-20(9-8-13-26-23)16-27-24(25-5-2)28(3)17-19-12-15-29-18-19/h6-11,13,19H,4-5,12,14-18H2,1-3H3,(H,25,27). The van der Waals surface area contributed by atoms with Crippen molar-refractivity contribution in [1.29, 1.82) is 0 Å². The molecule has 1 N–H and O–H groups in total. The summed E-state index contributed by atoms with van der Waals surface area (Å²) in [7, 11) is 2.07. The molecule has 168 valence electrons. The number of nitrogens with one attached hydrogen (secondary N) is 1. The molecule has 0 saturated carbocycles. The van der Waals surface area contributed by atoms with Gasteiger partial charge < -0.3 is 24.4 Å². The summed E-state index contributed by atoms with van der Waals surface area (Å²) in [5, 5.41) is 3.38. The Kier molecular flexibility index (Phi) is 8.97. The third kappa shape index (κ3) is 6.85. The highest BCUT2D eigenvalue weighted by molar-refractivity contribution is 5.79. The normalized spacial score (nSPS) is 16.2. The zero-order valence-corrected chi connectivity index (χ0v) is 18.8. The summed E-state index contributed by atoms with van der Waals surface area (Å²) < 4.78 is 17.5. The van der Waals surface area contributed by atoms with E-state index in [0.717, 1.165) is 56.4 Å². The molecule has 1 aliphatic rings. The van der Waals surface area contributed by atoms with Crippen molar-refractivity contribution in [3.05, 3.63) is 48.2 Å². The van der Waals surface area contributed by atoms with E-state index in [1.54, 1.807) is 6.20 Å². The van der Waals surface area contributed by atoms with Crippen LogP contribution in [0.4, 0.5) is 0 Å². The van der Waals surface area contributed by atoms with E-state index in [0.29, 0.717) is 30.7 Å². The highest BCUT2D eigenvalue weighted by atomic mass is 16.5. The summed E-state index contributed by atoms with van der Waals surface area (Å²) in [4.78, 5) is 11.5. The van der Waals surface area contributed by atoms with E-state index < -0.39 is 0 Å². The molecule has 1 unspecified atom stereocenters. The summed E-state index contributed by atoms with van der Waals surface area (Å²) in [6, 6.07) is 11.6. The van der Waals surface area contributed by atoms with Crippen LogP contribution in [-0.2, 0) is 11.3 Å². The summed E-state index contributed by atoms with van der Waals surface area (Å²) in [6.07, 6.45) is 3.77. The number of para-hydroxylation sites is 2. The molecule has 1 fully saturated rings. The van der Waals surface area contributed by atoms with Crippen molar-refractivity contribution < 1.29 is 14.2 Å². The third-order valence-corrected chi connectivity index (χ3v) is 5.02. The fourth-order valence-electron chi connectivity index (χ4n) is 3.44. The molecule has 1 saturated heterocycles. The van der Waals surface area contributed by atoms with E-state index in [4.69, 9.17) is 19.2 Å². The Bertz CT molecular complexity index is 837. The predicted octanol–water partition coefficient (Wildman–Crippen LogP) is 4.10. The molecule has 1 aromatic heterocycles. The van der Waals surface area contributed by atoms with E-state index in [-0.39, 0.29) is 0 Å². The lowest BCUT2D eigenvalue weighted by Crippen LogP contribution is -2.41. The van der Waals surface area contributed by atoms with Gasteiger partial charge in [0.1, 0.15) is 0 Å². The van der Waals surface area contributed by atoms with E-state index in [9.17, 15) is 0 Å². The van der Waals surface area contributed by atoms with Gasteiger partial charge in [-0.25, -0.2) is 9.98 Å². The zero-order chi connectivity index (χ0) is 21.9. The fraction of sp³-hybridized carbons (Fsp3) is 0.500. The Morgan fingerprint density at radius 1 is 1.23 bits per heavy atom. The van der Waals surface area contributed by atoms with Crippen LogP contribution in [0.25, 0.3) is 0 Å². The van der Waals surface area contributed by atoms with Crippen molar-refractivity contribution in [2.24, 2.45) is 10.9 Å². The van der Waals surface area contributed by atoms with Crippen LogP contribution < -0.4 is 14.8 Å². The SMILES string of the molecule is CCCOc1ccccc1Oc1ncccc1CN=C(NCC)N(C)CC1CCOC1. The summed E-state index contributed by atoms with van der Waals surface area (Å²) in [5.74, 6) is 3.34. The molecule has 7 heteroatoms. The molecule has 3 rings (SSSR count). The maximum atomic E-state index is 6.14. The number of guanidine groups is 1. The van der Waals surface area contributed by atoms with Crippen LogP contribution in [0.1, 0.15) is 32.3 Å². The summed E-state index contributed by atoms with van der Waals surface area (Å²) in [5.41, 5.74) is 0.917. The number of nitrogens with zero attached hydrogens (tertiary/aromatic N) is 3. The van der Waals surface area contributed by atoms with Gasteiger partial charge in [0.05, 0.1) is 19.8 Å². The predicted molar refractivity (Wildman–Crippen MR) is 123 cm³/mol. The van der Waals surface area contributed by atoms with Crippen molar-refractivity contribution in [2.45, 2.75) is 33.2 Å². The number of ether oxygens (including phenoxy) is 3. The van der Waals surface area contributed by atoms with E-state index in [2.05, 4.69) is 36.1 Å². The van der Waals surface area contributed by atoms with E-state index >= 15 is 0 Å². The second-order valence-corrected chi connectivity index (χ2v) is 7.65. The first-order chi connectivity index (χ1) is 15.2. The average molecular weight is 427 g/mol. The van der Waals surface area contributed by atoms with Gasteiger partial charge in [-0.3, -0.25) is 0 Å². The van der Waals surface area contributed by atoms with Gasteiger partial charge in [-0.05, 0) is 38.0 Å². The monoisotopic (exact) mass is 426 g/mol. The number of benzene rings is 1. The molecular weight excluding hydrogens is 392 g/mol. The zero-order valence-electron chi connectivity index (χ0n) is 18.8. The molecule has 1 aromatic carbocycles. The van der Waals surface area contributed by atoms with Crippen molar-refractivity contribution in [1.82, 2.24) is 15.2 Å². The molecule has 2 aromatic rings. The lowest BCUT2D eigenvalue weighted by atomic mass is 10.1. The third-order valence-electron chi connectivity index (χ3n) is 5.02. The second kappa shape index (κ2) is 12.2. The Hall–Kier alpha value is -2.80. The van der Waals surface area contributed by atoms with Crippen LogP contribution in [0.2, 0.25) is 0 Å². The molecule has 7 nitrogen and oxygen atoms in total. The Labute approximate surface area is 185 Å². The molecule has 0 radical (unpaired) electrons. The van der Waals surface area contributed by atoms with E-state index in [1.165, 1.54) is 0 Å². The highest BCUT2D eigenvalue weighted by Crippen LogP contribution is 2.32. The number of rotatable bonds is 10. The molecule has 1 atom stereocenters. The van der Waals surface area contributed by atoms with Gasteiger partial charge in [0.2, 0.25) is 5.88 Å². The molecule has 0 spiro atoms. The quantitative estimate of drug-likeness (QED) is 0.456. The smallest absolute Gasteiger partial charge is 0.224 e. The second-order valence-electron chi connectivity index (χ2n) is 7.65. The minimum absolute atomic E-state index is 0.467. The van der Waals surface area contributed by atoms with Crippen molar-refractivity contribution >= 4 is 5.96 Å². The number of hydrogen-bond donors (Lipinski definition) is 1. The molecule has 31 heavy (non-hydrogen) atoms. The Balaban J connectivity index is 1.73. The van der Waals surface area contributed by atoms with Gasteiger partial charge in [0, 0.05) is 44.4 Å². The topological polar surface area (TPSA) is 68.2 Å². The van der Waals surface area contributed by atoms with Crippen LogP contribution >= 0.6 is 0 Å². The molecule has 0 bridgehead atoms. The Morgan fingerprint density at radius 2 is 2.06 bits per heavy atom. The van der Waals surface area contributed by atoms with Gasteiger partial charge in [0.15, 0.2) is 17.5 Å². The first-order valence-corrected chi connectivity index (χ1v) is 11.1. The van der Waals surface area contributed by atoms with Gasteiger partial charge in [0.25, 0.3) is 0 Å². The van der Waals surface area contributed by atoms with Gasteiger partial charge >= 0.3 is 0 Å². The minimum atomic E-state index is 0.467. The van der Waals surface area contributed by atoms with Crippen LogP contribution in [-0.4, -0.2) is 55.8 Å². The van der Waals surface area contributed by atoms with Crippen LogP contribution in [0.5, 0.6) is 17.4 Å². The van der Waals surface area contributed by atoms with Crippen LogP contribution in [0, 0.1) is 5.92 Å². The summed E-state index contributed by atoms with van der Waals surface area (Å²) in [6.45, 7) is 8.67. The summed E-state index contributed by atoms with van der Waals surface area (Å²) >= 11 is 0. The van der Waals surface area contributed by atoms with Crippen LogP contribution in [0.3, 0.4) is 0 Å². The lowest BCUT2D eigenvalue weighted by Gasteiger charge is -2.24. The molecule has 0 aliphatic carbocycles. The molecular formula is C24H34N4O3. The first kappa shape index (κ1) is 22.9. The number of aromatic nitrogens is 1.